The molecule has 0 saturated heterocycles. The van der Waals surface area contributed by atoms with Gasteiger partial charge in [-0.05, 0) is 37.1 Å². The Balaban J connectivity index is 1.34. The van der Waals surface area contributed by atoms with Gasteiger partial charge in [0, 0.05) is 29.2 Å². The third kappa shape index (κ3) is 4.00. The van der Waals surface area contributed by atoms with Gasteiger partial charge in [-0.1, -0.05) is 22.4 Å². The van der Waals surface area contributed by atoms with Crippen LogP contribution in [0.25, 0.3) is 11.0 Å². The van der Waals surface area contributed by atoms with Crippen molar-refractivity contribution >= 4 is 32.9 Å². The fourth-order valence-corrected chi connectivity index (χ4v) is 3.73. The molecule has 0 spiro atoms. The highest BCUT2D eigenvalue weighted by Crippen LogP contribution is 2.23. The maximum absolute atomic E-state index is 12.4. The molecule has 0 atom stereocenters. The van der Waals surface area contributed by atoms with E-state index in [0.717, 1.165) is 52.7 Å². The second-order valence-corrected chi connectivity index (χ2v) is 7.60. The molecule has 7 nitrogen and oxygen atoms in total. The number of carbonyl (C=O) groups excluding carboxylic acids is 1. The molecule has 0 N–H and O–H groups in total. The zero-order valence-electron chi connectivity index (χ0n) is 14.8. The largest absolute Gasteiger partial charge is 0.464 e. The third-order valence-electron chi connectivity index (χ3n) is 4.70. The highest BCUT2D eigenvalue weighted by atomic mass is 79.9. The predicted molar refractivity (Wildman–Crippen MR) is 103 cm³/mol. The van der Waals surface area contributed by atoms with E-state index >= 15 is 0 Å². The summed E-state index contributed by atoms with van der Waals surface area (Å²) in [5, 5.41) is 5.29. The van der Waals surface area contributed by atoms with E-state index in [1.807, 2.05) is 24.3 Å². The number of ether oxygens (including phenoxy) is 1. The number of rotatable bonds is 5. The van der Waals surface area contributed by atoms with Crippen LogP contribution in [0, 0.1) is 0 Å². The summed E-state index contributed by atoms with van der Waals surface area (Å²) >= 11 is 3.43. The minimum Gasteiger partial charge on any atom is -0.464 e. The lowest BCUT2D eigenvalue weighted by atomic mass is 10.2. The first-order chi connectivity index (χ1) is 13.1. The van der Waals surface area contributed by atoms with Crippen LogP contribution in [-0.2, 0) is 35.5 Å². The maximum Gasteiger partial charge on any atom is 0.346 e. The van der Waals surface area contributed by atoms with Crippen LogP contribution < -0.4 is 5.69 Å². The normalized spacial score (nSPS) is 14.1. The lowest BCUT2D eigenvalue weighted by Crippen LogP contribution is -2.28. The molecule has 0 unspecified atom stereocenters. The molecular weight excluding hydrogens is 414 g/mol. The smallest absolute Gasteiger partial charge is 0.346 e. The Bertz CT molecular complexity index is 1030. The van der Waals surface area contributed by atoms with Crippen LogP contribution in [0.2, 0.25) is 0 Å². The molecule has 0 aliphatic carbocycles. The number of aromatic nitrogens is 3. The summed E-state index contributed by atoms with van der Waals surface area (Å²) < 4.78 is 14.9. The van der Waals surface area contributed by atoms with E-state index in [1.54, 1.807) is 4.57 Å². The number of furan rings is 1. The van der Waals surface area contributed by atoms with Gasteiger partial charge in [0.05, 0.1) is 6.61 Å². The van der Waals surface area contributed by atoms with E-state index in [-0.39, 0.29) is 18.8 Å². The van der Waals surface area contributed by atoms with Crippen molar-refractivity contribution in [3.8, 4) is 0 Å². The monoisotopic (exact) mass is 433 g/mol. The van der Waals surface area contributed by atoms with Gasteiger partial charge in [0.25, 0.3) is 0 Å². The molecule has 0 fully saturated rings. The third-order valence-corrected chi connectivity index (χ3v) is 5.19. The van der Waals surface area contributed by atoms with E-state index < -0.39 is 5.97 Å². The minimum atomic E-state index is -0.468. The van der Waals surface area contributed by atoms with Gasteiger partial charge in [0.1, 0.15) is 23.7 Å². The molecule has 27 heavy (non-hydrogen) atoms. The molecule has 3 heterocycles. The molecular formula is C19H20BrN3O4. The predicted octanol–water partition coefficient (Wildman–Crippen LogP) is 3.07. The molecule has 0 saturated carbocycles. The molecule has 142 valence electrons. The average molecular weight is 434 g/mol. The van der Waals surface area contributed by atoms with Gasteiger partial charge in [-0.25, -0.2) is 9.48 Å². The van der Waals surface area contributed by atoms with Crippen molar-refractivity contribution in [3.05, 3.63) is 50.8 Å². The number of fused-ring (bicyclic) bond motifs is 2. The fourth-order valence-electron chi connectivity index (χ4n) is 3.35. The molecule has 4 rings (SSSR count). The first-order valence-electron chi connectivity index (χ1n) is 9.10. The van der Waals surface area contributed by atoms with Crippen molar-refractivity contribution < 1.29 is 13.9 Å². The Kier molecular flexibility index (Phi) is 5.15. The van der Waals surface area contributed by atoms with Gasteiger partial charge in [0.15, 0.2) is 0 Å². The van der Waals surface area contributed by atoms with E-state index in [9.17, 15) is 9.59 Å². The van der Waals surface area contributed by atoms with Gasteiger partial charge >= 0.3 is 11.7 Å². The van der Waals surface area contributed by atoms with Crippen LogP contribution in [0.5, 0.6) is 0 Å². The van der Waals surface area contributed by atoms with Gasteiger partial charge in [-0.2, -0.15) is 5.10 Å². The summed E-state index contributed by atoms with van der Waals surface area (Å²) in [6.07, 6.45) is 4.35. The zero-order valence-corrected chi connectivity index (χ0v) is 16.4. The summed E-state index contributed by atoms with van der Waals surface area (Å²) in [5.41, 5.74) is 0.567. The summed E-state index contributed by atoms with van der Waals surface area (Å²) in [4.78, 5) is 24.4. The summed E-state index contributed by atoms with van der Waals surface area (Å²) in [5.74, 6) is 1.05. The SMILES string of the molecule is O=C(Cn1nc2n(c1=O)CCCCC2)OCCc1cc2cc(Br)ccc2o1. The summed E-state index contributed by atoms with van der Waals surface area (Å²) in [7, 11) is 0. The van der Waals surface area contributed by atoms with Gasteiger partial charge < -0.3 is 9.15 Å². The van der Waals surface area contributed by atoms with E-state index in [4.69, 9.17) is 9.15 Å². The Labute approximate surface area is 164 Å². The number of hydrogen-bond donors (Lipinski definition) is 0. The Morgan fingerprint density at radius 3 is 3.04 bits per heavy atom. The molecule has 0 bridgehead atoms. The lowest BCUT2D eigenvalue weighted by Gasteiger charge is -2.03. The van der Waals surface area contributed by atoms with Crippen LogP contribution in [-0.4, -0.2) is 26.9 Å². The van der Waals surface area contributed by atoms with Crippen molar-refractivity contribution in [2.24, 2.45) is 0 Å². The summed E-state index contributed by atoms with van der Waals surface area (Å²) in [6.45, 7) is 0.708. The first-order valence-corrected chi connectivity index (χ1v) is 9.89. The molecule has 1 aliphatic rings. The molecule has 0 radical (unpaired) electrons. The van der Waals surface area contributed by atoms with Crippen molar-refractivity contribution in [1.29, 1.82) is 0 Å². The van der Waals surface area contributed by atoms with Crippen LogP contribution in [0.4, 0.5) is 0 Å². The van der Waals surface area contributed by atoms with Crippen LogP contribution in [0.15, 0.2) is 37.9 Å². The number of benzene rings is 1. The van der Waals surface area contributed by atoms with E-state index in [2.05, 4.69) is 21.0 Å². The average Bonchev–Trinajstić information content (AvgIpc) is 3.06. The Morgan fingerprint density at radius 1 is 1.26 bits per heavy atom. The number of nitrogens with zero attached hydrogens (tertiary/aromatic N) is 3. The van der Waals surface area contributed by atoms with E-state index in [0.29, 0.717) is 13.0 Å². The van der Waals surface area contributed by atoms with Crippen molar-refractivity contribution in [2.75, 3.05) is 6.61 Å². The van der Waals surface area contributed by atoms with Gasteiger partial charge in [-0.3, -0.25) is 9.36 Å². The Hall–Kier alpha value is -2.35. The topological polar surface area (TPSA) is 79.3 Å². The highest BCUT2D eigenvalue weighted by molar-refractivity contribution is 9.10. The van der Waals surface area contributed by atoms with Crippen molar-refractivity contribution in [2.45, 2.75) is 45.2 Å². The molecule has 3 aromatic rings. The summed E-state index contributed by atoms with van der Waals surface area (Å²) in [6, 6.07) is 7.72. The fraction of sp³-hybridized carbons (Fsp3) is 0.421. The second kappa shape index (κ2) is 7.72. The number of aryl methyl sites for hydroxylation is 1. The number of carbonyl (C=O) groups is 1. The van der Waals surface area contributed by atoms with Gasteiger partial charge in [-0.15, -0.1) is 0 Å². The Morgan fingerprint density at radius 2 is 2.15 bits per heavy atom. The zero-order chi connectivity index (χ0) is 18.8. The van der Waals surface area contributed by atoms with Crippen LogP contribution >= 0.6 is 15.9 Å². The van der Waals surface area contributed by atoms with E-state index in [1.165, 1.54) is 4.68 Å². The molecule has 0 amide bonds. The standard InChI is InChI=1S/C19H20BrN3O4/c20-14-5-6-16-13(10-14)11-15(27-16)7-9-26-18(24)12-23-19(25)22-8-3-1-2-4-17(22)21-23/h5-6,10-11H,1-4,7-9,12H2. The van der Waals surface area contributed by atoms with Crippen molar-refractivity contribution in [3.63, 3.8) is 0 Å². The number of esters is 1. The van der Waals surface area contributed by atoms with Crippen LogP contribution in [0.3, 0.4) is 0 Å². The molecule has 1 aliphatic heterocycles. The first kappa shape index (κ1) is 18.0. The molecule has 2 aromatic heterocycles. The second-order valence-electron chi connectivity index (χ2n) is 6.68. The number of halogens is 1. The highest BCUT2D eigenvalue weighted by Gasteiger charge is 2.17. The lowest BCUT2D eigenvalue weighted by molar-refractivity contribution is -0.144. The molecule has 1 aromatic carbocycles. The number of hydrogen-bond acceptors (Lipinski definition) is 5. The molecule has 8 heteroatoms. The minimum absolute atomic E-state index is 0.161. The maximum atomic E-state index is 12.4. The van der Waals surface area contributed by atoms with Crippen molar-refractivity contribution in [1.82, 2.24) is 14.3 Å². The quantitative estimate of drug-likeness (QED) is 0.577. The van der Waals surface area contributed by atoms with Gasteiger partial charge in [0.2, 0.25) is 0 Å². The van der Waals surface area contributed by atoms with Crippen LogP contribution in [0.1, 0.15) is 30.8 Å².